The Morgan fingerprint density at radius 2 is 1.14 bits per heavy atom. The summed E-state index contributed by atoms with van der Waals surface area (Å²) in [5, 5.41) is 0. The SMILES string of the molecule is C1=C/C=C/C/C=C\CCC/C=C/C=C1. The Hall–Kier alpha value is -1.30. The van der Waals surface area contributed by atoms with Crippen molar-refractivity contribution in [2.24, 2.45) is 0 Å². The quantitative estimate of drug-likeness (QED) is 0.494. The minimum absolute atomic E-state index is 1.05. The Labute approximate surface area is 87.0 Å². The van der Waals surface area contributed by atoms with Gasteiger partial charge in [-0.1, -0.05) is 60.8 Å². The number of hydrogen-bond acceptors (Lipinski definition) is 0. The van der Waals surface area contributed by atoms with Crippen molar-refractivity contribution in [1.29, 1.82) is 0 Å². The second-order valence-electron chi connectivity index (χ2n) is 3.26. The normalized spacial score (nSPS) is 25.1. The molecule has 0 heteroatoms. The number of rotatable bonds is 0. The van der Waals surface area contributed by atoms with Gasteiger partial charge in [0.2, 0.25) is 0 Å². The monoisotopic (exact) mass is 186 g/mol. The van der Waals surface area contributed by atoms with E-state index in [4.69, 9.17) is 0 Å². The van der Waals surface area contributed by atoms with Crippen molar-refractivity contribution >= 4 is 0 Å². The summed E-state index contributed by atoms with van der Waals surface area (Å²) in [7, 11) is 0. The zero-order valence-corrected chi connectivity index (χ0v) is 8.60. The maximum absolute atomic E-state index is 2.27. The molecule has 14 heavy (non-hydrogen) atoms. The molecule has 0 radical (unpaired) electrons. The van der Waals surface area contributed by atoms with E-state index in [0.717, 1.165) is 6.42 Å². The molecule has 1 rings (SSSR count). The topological polar surface area (TPSA) is 0 Å². The lowest BCUT2D eigenvalue weighted by atomic mass is 10.2. The molecular formula is C14H18. The van der Waals surface area contributed by atoms with Crippen LogP contribution >= 0.6 is 0 Å². The van der Waals surface area contributed by atoms with Crippen LogP contribution in [0, 0.1) is 0 Å². The Kier molecular flexibility index (Phi) is 6.39. The highest BCUT2D eigenvalue weighted by molar-refractivity contribution is 5.15. The van der Waals surface area contributed by atoms with Crippen LogP contribution in [0.2, 0.25) is 0 Å². The van der Waals surface area contributed by atoms with E-state index in [0.29, 0.717) is 0 Å². The van der Waals surface area contributed by atoms with Crippen molar-refractivity contribution in [2.75, 3.05) is 0 Å². The molecule has 1 aliphatic carbocycles. The van der Waals surface area contributed by atoms with Gasteiger partial charge in [-0.15, -0.1) is 0 Å². The zero-order chi connectivity index (χ0) is 9.90. The molecule has 0 spiro atoms. The van der Waals surface area contributed by atoms with Crippen LogP contribution in [0.5, 0.6) is 0 Å². The van der Waals surface area contributed by atoms with E-state index in [9.17, 15) is 0 Å². The van der Waals surface area contributed by atoms with Crippen LogP contribution < -0.4 is 0 Å². The van der Waals surface area contributed by atoms with Gasteiger partial charge in [-0.25, -0.2) is 0 Å². The Balaban J connectivity index is 2.46. The molecule has 0 saturated heterocycles. The molecule has 74 valence electrons. The molecule has 0 amide bonds. The summed E-state index contributed by atoms with van der Waals surface area (Å²) in [4.78, 5) is 0. The van der Waals surface area contributed by atoms with Crippen LogP contribution in [-0.2, 0) is 0 Å². The van der Waals surface area contributed by atoms with Gasteiger partial charge in [-0.3, -0.25) is 0 Å². The molecule has 0 heterocycles. The minimum Gasteiger partial charge on any atom is -0.0882 e. The second kappa shape index (κ2) is 8.31. The van der Waals surface area contributed by atoms with Gasteiger partial charge < -0.3 is 0 Å². The van der Waals surface area contributed by atoms with Crippen molar-refractivity contribution in [1.82, 2.24) is 0 Å². The summed E-state index contributed by atoms with van der Waals surface area (Å²) in [5.74, 6) is 0. The maximum Gasteiger partial charge on any atom is -0.0166 e. The first kappa shape index (κ1) is 10.8. The molecule has 0 saturated carbocycles. The fourth-order valence-corrected chi connectivity index (χ4v) is 1.23. The largest absolute Gasteiger partial charge is 0.0882 e. The lowest BCUT2D eigenvalue weighted by Crippen LogP contribution is -1.69. The molecule has 0 aromatic rings. The first-order valence-electron chi connectivity index (χ1n) is 5.30. The van der Waals surface area contributed by atoms with Crippen LogP contribution in [0.15, 0.2) is 60.8 Å². The van der Waals surface area contributed by atoms with Gasteiger partial charge in [0.25, 0.3) is 0 Å². The van der Waals surface area contributed by atoms with E-state index in [-0.39, 0.29) is 0 Å². The number of hydrogen-bond donors (Lipinski definition) is 0. The van der Waals surface area contributed by atoms with E-state index in [1.54, 1.807) is 0 Å². The predicted molar refractivity (Wildman–Crippen MR) is 64.2 cm³/mol. The molecule has 0 bridgehead atoms. The van der Waals surface area contributed by atoms with Crippen LogP contribution in [0.1, 0.15) is 25.7 Å². The molecule has 1 aliphatic rings. The highest BCUT2D eigenvalue weighted by Gasteiger charge is 1.79. The van der Waals surface area contributed by atoms with E-state index in [2.05, 4.69) is 60.8 Å². The molecule has 0 aromatic heterocycles. The highest BCUT2D eigenvalue weighted by Crippen LogP contribution is 2.00. The standard InChI is InChI=1S/C14H18/c1-2-4-6-8-10-12-14-13-11-9-7-5-3-1/h1-8,11,13H,9-10,12,14H2/b3-1?,4-2?,7-5+,8-6+,13-11-. The van der Waals surface area contributed by atoms with E-state index in [1.165, 1.54) is 19.3 Å². The summed E-state index contributed by atoms with van der Waals surface area (Å²) < 4.78 is 0. The molecule has 0 aromatic carbocycles. The van der Waals surface area contributed by atoms with Gasteiger partial charge in [0.05, 0.1) is 0 Å². The fourth-order valence-electron chi connectivity index (χ4n) is 1.23. The zero-order valence-electron chi connectivity index (χ0n) is 8.60. The minimum atomic E-state index is 1.05. The Morgan fingerprint density at radius 1 is 0.500 bits per heavy atom. The lowest BCUT2D eigenvalue weighted by molar-refractivity contribution is 0.866. The smallest absolute Gasteiger partial charge is 0.0166 e. The summed E-state index contributed by atoms with van der Waals surface area (Å²) in [6.45, 7) is 0. The van der Waals surface area contributed by atoms with Crippen molar-refractivity contribution in [3.8, 4) is 0 Å². The van der Waals surface area contributed by atoms with E-state index in [1.807, 2.05) is 0 Å². The average molecular weight is 186 g/mol. The summed E-state index contributed by atoms with van der Waals surface area (Å²) in [6.07, 6.45) is 26.0. The lowest BCUT2D eigenvalue weighted by Gasteiger charge is -1.89. The van der Waals surface area contributed by atoms with Crippen LogP contribution in [0.4, 0.5) is 0 Å². The predicted octanol–water partition coefficient (Wildman–Crippen LogP) is 4.34. The van der Waals surface area contributed by atoms with Gasteiger partial charge in [0.1, 0.15) is 0 Å². The fraction of sp³-hybridized carbons (Fsp3) is 0.286. The van der Waals surface area contributed by atoms with Crippen LogP contribution in [0.25, 0.3) is 0 Å². The third-order valence-electron chi connectivity index (χ3n) is 2.01. The number of allylic oxidation sites excluding steroid dienone is 10. The molecule has 0 fully saturated rings. The summed E-state index contributed by atoms with van der Waals surface area (Å²) >= 11 is 0. The molecule has 0 nitrogen and oxygen atoms in total. The van der Waals surface area contributed by atoms with Crippen molar-refractivity contribution < 1.29 is 0 Å². The van der Waals surface area contributed by atoms with E-state index < -0.39 is 0 Å². The van der Waals surface area contributed by atoms with Crippen molar-refractivity contribution in [3.63, 3.8) is 0 Å². The summed E-state index contributed by atoms with van der Waals surface area (Å²) in [5.41, 5.74) is 0. The van der Waals surface area contributed by atoms with Crippen LogP contribution in [-0.4, -0.2) is 0 Å². The maximum atomic E-state index is 2.27. The second-order valence-corrected chi connectivity index (χ2v) is 3.26. The molecule has 0 unspecified atom stereocenters. The van der Waals surface area contributed by atoms with Crippen molar-refractivity contribution in [2.45, 2.75) is 25.7 Å². The van der Waals surface area contributed by atoms with Gasteiger partial charge in [-0.05, 0) is 25.7 Å². The first-order chi connectivity index (χ1) is 7.00. The Bertz CT molecular complexity index is 262. The first-order valence-corrected chi connectivity index (χ1v) is 5.30. The Morgan fingerprint density at radius 3 is 2.00 bits per heavy atom. The molecule has 0 N–H and O–H groups in total. The average Bonchev–Trinajstić information content (AvgIpc) is 2.22. The molecule has 0 aliphatic heterocycles. The third-order valence-corrected chi connectivity index (χ3v) is 2.01. The van der Waals surface area contributed by atoms with Gasteiger partial charge in [0, 0.05) is 0 Å². The van der Waals surface area contributed by atoms with Crippen LogP contribution in [0.3, 0.4) is 0 Å². The third kappa shape index (κ3) is 6.24. The van der Waals surface area contributed by atoms with Gasteiger partial charge >= 0.3 is 0 Å². The van der Waals surface area contributed by atoms with Crippen molar-refractivity contribution in [3.05, 3.63) is 60.8 Å². The van der Waals surface area contributed by atoms with E-state index >= 15 is 0 Å². The highest BCUT2D eigenvalue weighted by atomic mass is 13.9. The van der Waals surface area contributed by atoms with Gasteiger partial charge in [0.15, 0.2) is 0 Å². The molecular weight excluding hydrogens is 168 g/mol. The van der Waals surface area contributed by atoms with Gasteiger partial charge in [-0.2, -0.15) is 0 Å². The molecule has 0 atom stereocenters. The summed E-state index contributed by atoms with van der Waals surface area (Å²) in [6, 6.07) is 0.